The third kappa shape index (κ3) is 4.23. The predicted molar refractivity (Wildman–Crippen MR) is 144 cm³/mol. The molecule has 35 heavy (non-hydrogen) atoms. The van der Waals surface area contributed by atoms with Crippen LogP contribution in [0.2, 0.25) is 0 Å². The van der Waals surface area contributed by atoms with Crippen LogP contribution >= 0.6 is 23.1 Å². The van der Waals surface area contributed by atoms with Gasteiger partial charge in [-0.15, -0.1) is 11.3 Å². The van der Waals surface area contributed by atoms with E-state index < -0.39 is 0 Å². The average Bonchev–Trinajstić information content (AvgIpc) is 3.49. The maximum absolute atomic E-state index is 13.8. The number of thioether (sulfide) groups is 1. The van der Waals surface area contributed by atoms with Gasteiger partial charge in [-0.2, -0.15) is 0 Å². The lowest BCUT2D eigenvalue weighted by molar-refractivity contribution is 0.102. The largest absolute Gasteiger partial charge is 0.360 e. The number of carbonyl (C=O) groups is 1. The Morgan fingerprint density at radius 2 is 1.86 bits per heavy atom. The van der Waals surface area contributed by atoms with Gasteiger partial charge in [-0.1, -0.05) is 60.3 Å². The fraction of sp³-hybridized carbons (Fsp3) is 0.250. The van der Waals surface area contributed by atoms with Gasteiger partial charge in [0.2, 0.25) is 0 Å². The highest BCUT2D eigenvalue weighted by Gasteiger charge is 2.23. The highest BCUT2D eigenvalue weighted by molar-refractivity contribution is 7.99. The number of nitrogens with one attached hydrogen (secondary N) is 1. The summed E-state index contributed by atoms with van der Waals surface area (Å²) in [4.78, 5) is 37.2. The number of aromatic amines is 1. The molecule has 5 nitrogen and oxygen atoms in total. The van der Waals surface area contributed by atoms with Crippen LogP contribution in [0.15, 0.2) is 70.7 Å². The summed E-state index contributed by atoms with van der Waals surface area (Å²) in [6, 6.07) is 18.0. The molecule has 2 aromatic carbocycles. The molecule has 0 aliphatic heterocycles. The number of para-hydroxylation sites is 1. The third-order valence-corrected chi connectivity index (χ3v) is 8.89. The standard InChI is InChI=1S/C28H25N3O2S2/c32-23(21-16-29-22-12-6-4-10-19(21)22)17-34-28-30-26-25(20-11-5-7-13-24(20)35-26)27(33)31(28)15-14-18-8-2-1-3-9-18/h1-4,6,8-10,12,16,29H,5,7,11,13-15,17H2. The van der Waals surface area contributed by atoms with E-state index in [1.54, 1.807) is 22.1 Å². The molecular weight excluding hydrogens is 474 g/mol. The van der Waals surface area contributed by atoms with Gasteiger partial charge < -0.3 is 4.98 Å². The predicted octanol–water partition coefficient (Wildman–Crippen LogP) is 6.04. The number of ketones is 1. The van der Waals surface area contributed by atoms with Crippen LogP contribution in [0.25, 0.3) is 21.1 Å². The molecule has 0 spiro atoms. The fourth-order valence-corrected chi connectivity index (χ4v) is 7.13. The molecule has 1 aliphatic rings. The van der Waals surface area contributed by atoms with Crippen molar-refractivity contribution < 1.29 is 4.79 Å². The molecule has 0 radical (unpaired) electrons. The van der Waals surface area contributed by atoms with Crippen molar-refractivity contribution in [1.29, 1.82) is 0 Å². The second kappa shape index (κ2) is 9.47. The highest BCUT2D eigenvalue weighted by atomic mass is 32.2. The van der Waals surface area contributed by atoms with Gasteiger partial charge in [0.1, 0.15) is 4.83 Å². The van der Waals surface area contributed by atoms with Crippen molar-refractivity contribution in [3.8, 4) is 0 Å². The van der Waals surface area contributed by atoms with Crippen molar-refractivity contribution in [2.24, 2.45) is 0 Å². The van der Waals surface area contributed by atoms with Gasteiger partial charge in [-0.3, -0.25) is 14.2 Å². The number of aromatic nitrogens is 3. The summed E-state index contributed by atoms with van der Waals surface area (Å²) in [5.41, 5.74) is 4.04. The Morgan fingerprint density at radius 1 is 1.06 bits per heavy atom. The molecule has 0 amide bonds. The fourth-order valence-electron chi connectivity index (χ4n) is 4.92. The van der Waals surface area contributed by atoms with Crippen molar-refractivity contribution in [1.82, 2.24) is 14.5 Å². The van der Waals surface area contributed by atoms with E-state index in [0.29, 0.717) is 17.3 Å². The van der Waals surface area contributed by atoms with Crippen LogP contribution in [0.5, 0.6) is 0 Å². The van der Waals surface area contributed by atoms with Crippen molar-refractivity contribution in [2.75, 3.05) is 5.75 Å². The van der Waals surface area contributed by atoms with Gasteiger partial charge in [0.15, 0.2) is 10.9 Å². The smallest absolute Gasteiger partial charge is 0.263 e. The summed E-state index contributed by atoms with van der Waals surface area (Å²) in [5, 5.41) is 2.35. The van der Waals surface area contributed by atoms with Crippen LogP contribution in [0.1, 0.15) is 39.2 Å². The van der Waals surface area contributed by atoms with E-state index in [4.69, 9.17) is 4.98 Å². The van der Waals surface area contributed by atoms with Gasteiger partial charge >= 0.3 is 0 Å². The molecule has 5 aromatic rings. The molecule has 7 heteroatoms. The topological polar surface area (TPSA) is 67.8 Å². The monoisotopic (exact) mass is 499 g/mol. The Bertz CT molecular complexity index is 1600. The maximum atomic E-state index is 13.8. The molecule has 1 aliphatic carbocycles. The molecule has 1 N–H and O–H groups in total. The van der Waals surface area contributed by atoms with Crippen LogP contribution in [0, 0.1) is 0 Å². The van der Waals surface area contributed by atoms with Crippen molar-refractivity contribution in [2.45, 2.75) is 43.8 Å². The van der Waals surface area contributed by atoms with Gasteiger partial charge in [0, 0.05) is 34.1 Å². The number of hydrogen-bond acceptors (Lipinski definition) is 5. The minimum Gasteiger partial charge on any atom is -0.360 e. The minimum atomic E-state index is 0.0295. The normalized spacial score (nSPS) is 13.4. The zero-order valence-electron chi connectivity index (χ0n) is 19.3. The lowest BCUT2D eigenvalue weighted by Crippen LogP contribution is -2.25. The first kappa shape index (κ1) is 22.3. The number of hydrogen-bond donors (Lipinski definition) is 1. The first-order valence-electron chi connectivity index (χ1n) is 12.0. The molecule has 176 valence electrons. The molecule has 0 unspecified atom stereocenters. The summed E-state index contributed by atoms with van der Waals surface area (Å²) in [5.74, 6) is 0.262. The quantitative estimate of drug-likeness (QED) is 0.169. The molecule has 6 rings (SSSR count). The summed E-state index contributed by atoms with van der Waals surface area (Å²) in [6.45, 7) is 0.542. The summed E-state index contributed by atoms with van der Waals surface area (Å²) >= 11 is 3.02. The number of benzene rings is 2. The molecule has 3 aromatic heterocycles. The number of thiophene rings is 1. The Morgan fingerprint density at radius 3 is 2.74 bits per heavy atom. The number of H-pyrrole nitrogens is 1. The lowest BCUT2D eigenvalue weighted by Gasteiger charge is -2.13. The third-order valence-electron chi connectivity index (χ3n) is 6.73. The van der Waals surface area contributed by atoms with Gasteiger partial charge in [-0.05, 0) is 49.3 Å². The van der Waals surface area contributed by atoms with Crippen LogP contribution in [0.4, 0.5) is 0 Å². The van der Waals surface area contributed by atoms with E-state index in [-0.39, 0.29) is 17.1 Å². The van der Waals surface area contributed by atoms with Crippen molar-refractivity contribution >= 4 is 50.0 Å². The molecule has 0 bridgehead atoms. The lowest BCUT2D eigenvalue weighted by atomic mass is 9.97. The van der Waals surface area contributed by atoms with E-state index in [0.717, 1.165) is 46.8 Å². The molecule has 3 heterocycles. The molecule has 0 atom stereocenters. The van der Waals surface area contributed by atoms with Crippen LogP contribution in [0.3, 0.4) is 0 Å². The second-order valence-electron chi connectivity index (χ2n) is 8.94. The van der Waals surface area contributed by atoms with Crippen LogP contribution in [-0.4, -0.2) is 26.1 Å². The van der Waals surface area contributed by atoms with E-state index in [1.807, 2.05) is 42.5 Å². The Hall–Kier alpha value is -3.16. The Balaban J connectivity index is 1.35. The number of aryl methyl sites for hydroxylation is 3. The molecular formula is C28H25N3O2S2. The number of Topliss-reactive ketones (excluding diaryl/α,β-unsaturated/α-hetero) is 1. The van der Waals surface area contributed by atoms with Crippen molar-refractivity contribution in [3.05, 3.63) is 92.7 Å². The number of carbonyl (C=O) groups excluding carboxylic acids is 1. The zero-order chi connectivity index (χ0) is 23.8. The summed E-state index contributed by atoms with van der Waals surface area (Å²) < 4.78 is 1.80. The highest BCUT2D eigenvalue weighted by Crippen LogP contribution is 2.35. The van der Waals surface area contributed by atoms with Gasteiger partial charge in [-0.25, -0.2) is 4.98 Å². The number of fused-ring (bicyclic) bond motifs is 4. The minimum absolute atomic E-state index is 0.0295. The van der Waals surface area contributed by atoms with E-state index >= 15 is 0 Å². The number of nitrogens with zero attached hydrogens (tertiary/aromatic N) is 2. The second-order valence-corrected chi connectivity index (χ2v) is 11.0. The average molecular weight is 500 g/mol. The summed E-state index contributed by atoms with van der Waals surface area (Å²) in [6.07, 6.45) is 6.79. The molecule has 0 fully saturated rings. The van der Waals surface area contributed by atoms with E-state index in [1.165, 1.54) is 34.2 Å². The van der Waals surface area contributed by atoms with E-state index in [2.05, 4.69) is 17.1 Å². The molecule has 0 saturated heterocycles. The zero-order valence-corrected chi connectivity index (χ0v) is 20.9. The van der Waals surface area contributed by atoms with Gasteiger partial charge in [0.25, 0.3) is 5.56 Å². The van der Waals surface area contributed by atoms with Crippen LogP contribution in [-0.2, 0) is 25.8 Å². The summed E-state index contributed by atoms with van der Waals surface area (Å²) in [7, 11) is 0. The molecule has 0 saturated carbocycles. The van der Waals surface area contributed by atoms with E-state index in [9.17, 15) is 9.59 Å². The Labute approximate surface area is 211 Å². The van der Waals surface area contributed by atoms with Gasteiger partial charge in [0.05, 0.1) is 11.1 Å². The first-order chi connectivity index (χ1) is 17.2. The first-order valence-corrected chi connectivity index (χ1v) is 13.8. The Kier molecular flexibility index (Phi) is 6.04. The number of rotatable bonds is 7. The van der Waals surface area contributed by atoms with Crippen LogP contribution < -0.4 is 5.56 Å². The SMILES string of the molecule is O=C(CSc1nc2sc3c(c2c(=O)n1CCc1ccccc1)CCCC3)c1c[nH]c2ccccc12. The maximum Gasteiger partial charge on any atom is 0.263 e. The van der Waals surface area contributed by atoms with Crippen molar-refractivity contribution in [3.63, 3.8) is 0 Å².